The van der Waals surface area contributed by atoms with Crippen molar-refractivity contribution in [2.75, 3.05) is 19.3 Å². The van der Waals surface area contributed by atoms with Gasteiger partial charge in [-0.2, -0.15) is 0 Å². The van der Waals surface area contributed by atoms with E-state index in [2.05, 4.69) is 16.5 Å². The summed E-state index contributed by atoms with van der Waals surface area (Å²) in [5.41, 5.74) is 5.30. The number of rotatable bonds is 3. The molecule has 0 amide bonds. The number of nitrogen functional groups attached to an aromatic ring is 1. The van der Waals surface area contributed by atoms with Crippen LogP contribution in [-0.4, -0.2) is 39.0 Å². The van der Waals surface area contributed by atoms with E-state index in [-0.39, 0.29) is 16.6 Å². The first-order valence-corrected chi connectivity index (χ1v) is 8.05. The summed E-state index contributed by atoms with van der Waals surface area (Å²) >= 11 is 0. The van der Waals surface area contributed by atoms with Crippen LogP contribution >= 0.6 is 0 Å². The molecule has 2 rings (SSSR count). The number of hydrogen-bond acceptors (Lipinski definition) is 4. The average Bonchev–Trinajstić information content (AvgIpc) is 2.37. The summed E-state index contributed by atoms with van der Waals surface area (Å²) < 4.78 is 40.5. The molecule has 3 N–H and O–H groups in total. The second kappa shape index (κ2) is 5.67. The van der Waals surface area contributed by atoms with Crippen molar-refractivity contribution in [3.63, 3.8) is 0 Å². The fourth-order valence-electron chi connectivity index (χ4n) is 2.36. The Bertz CT molecular complexity index is 591. The highest BCUT2D eigenvalue weighted by Crippen LogP contribution is 2.20. The molecule has 0 aromatic heterocycles. The van der Waals surface area contributed by atoms with Gasteiger partial charge in [0.25, 0.3) is 0 Å². The predicted molar refractivity (Wildman–Crippen MR) is 76.2 cm³/mol. The van der Waals surface area contributed by atoms with Gasteiger partial charge < -0.3 is 10.6 Å². The van der Waals surface area contributed by atoms with E-state index in [0.717, 1.165) is 25.5 Å². The third-order valence-corrected chi connectivity index (χ3v) is 5.33. The molecule has 0 spiro atoms. The van der Waals surface area contributed by atoms with Crippen molar-refractivity contribution in [1.29, 1.82) is 0 Å². The van der Waals surface area contributed by atoms with Gasteiger partial charge in [0.1, 0.15) is 5.82 Å². The zero-order valence-electron chi connectivity index (χ0n) is 11.6. The topological polar surface area (TPSA) is 75.4 Å². The van der Waals surface area contributed by atoms with Crippen molar-refractivity contribution in [3.8, 4) is 0 Å². The van der Waals surface area contributed by atoms with Crippen molar-refractivity contribution < 1.29 is 12.8 Å². The Kier molecular flexibility index (Phi) is 4.31. The minimum atomic E-state index is -3.70. The molecule has 5 nitrogen and oxygen atoms in total. The summed E-state index contributed by atoms with van der Waals surface area (Å²) in [5.74, 6) is -0.718. The lowest BCUT2D eigenvalue weighted by molar-refractivity contribution is 0.178. The highest BCUT2D eigenvalue weighted by Gasteiger charge is 2.27. The number of sulfonamides is 1. The number of anilines is 1. The Morgan fingerprint density at radius 2 is 2.15 bits per heavy atom. The molecule has 1 saturated heterocycles. The number of nitrogens with one attached hydrogen (secondary N) is 1. The first-order chi connectivity index (χ1) is 9.29. The molecule has 2 atom stereocenters. The number of benzene rings is 1. The molecule has 0 bridgehead atoms. The summed E-state index contributed by atoms with van der Waals surface area (Å²) in [4.78, 5) is 2.10. The lowest BCUT2D eigenvalue weighted by Crippen LogP contribution is -2.47. The van der Waals surface area contributed by atoms with E-state index in [4.69, 9.17) is 5.73 Å². The van der Waals surface area contributed by atoms with E-state index < -0.39 is 15.8 Å². The summed E-state index contributed by atoms with van der Waals surface area (Å²) in [7, 11) is -1.69. The van der Waals surface area contributed by atoms with Crippen LogP contribution in [0.2, 0.25) is 0 Å². The standard InChI is InChI=1S/C13H20FN3O2S/c1-9-7-10(5-6-17(9)2)16-20(18,19)11-3-4-13(15)12(14)8-11/h3-4,8-10,16H,5-7,15H2,1-2H3. The number of likely N-dealkylation sites (tertiary alicyclic amines) is 1. The van der Waals surface area contributed by atoms with Gasteiger partial charge in [-0.05, 0) is 51.6 Å². The molecule has 112 valence electrons. The molecule has 0 radical (unpaired) electrons. The second-order valence-corrected chi connectivity index (χ2v) is 7.07. The van der Waals surface area contributed by atoms with Crippen LogP contribution in [-0.2, 0) is 10.0 Å². The third-order valence-electron chi connectivity index (χ3n) is 3.81. The summed E-state index contributed by atoms with van der Waals surface area (Å²) in [6.45, 7) is 2.90. The summed E-state index contributed by atoms with van der Waals surface area (Å²) in [6.07, 6.45) is 1.49. The maximum absolute atomic E-state index is 13.4. The Hall–Kier alpha value is -1.18. The highest BCUT2D eigenvalue weighted by atomic mass is 32.2. The number of hydrogen-bond donors (Lipinski definition) is 2. The van der Waals surface area contributed by atoms with Crippen LogP contribution < -0.4 is 10.5 Å². The van der Waals surface area contributed by atoms with Crippen LogP contribution in [0.1, 0.15) is 19.8 Å². The van der Waals surface area contributed by atoms with Gasteiger partial charge in [-0.25, -0.2) is 17.5 Å². The summed E-state index contributed by atoms with van der Waals surface area (Å²) in [6, 6.07) is 3.74. The molecule has 0 saturated carbocycles. The van der Waals surface area contributed by atoms with E-state index in [0.29, 0.717) is 6.04 Å². The predicted octanol–water partition coefficient (Wildman–Crippen LogP) is 1.17. The number of nitrogens with two attached hydrogens (primary N) is 1. The van der Waals surface area contributed by atoms with Crippen molar-refractivity contribution in [2.45, 2.75) is 36.7 Å². The number of halogens is 1. The Balaban J connectivity index is 2.13. The minimum Gasteiger partial charge on any atom is -0.396 e. The maximum Gasteiger partial charge on any atom is 0.240 e. The van der Waals surface area contributed by atoms with Crippen molar-refractivity contribution in [3.05, 3.63) is 24.0 Å². The molecule has 1 heterocycles. The van der Waals surface area contributed by atoms with Crippen molar-refractivity contribution >= 4 is 15.7 Å². The lowest BCUT2D eigenvalue weighted by atomic mass is 10.0. The molecule has 1 aromatic rings. The molecule has 1 aromatic carbocycles. The van der Waals surface area contributed by atoms with Gasteiger partial charge in [0.15, 0.2) is 0 Å². The maximum atomic E-state index is 13.4. The molecule has 2 unspecified atom stereocenters. The fraction of sp³-hybridized carbons (Fsp3) is 0.538. The van der Waals surface area contributed by atoms with Crippen molar-refractivity contribution in [2.24, 2.45) is 0 Å². The van der Waals surface area contributed by atoms with Crippen LogP contribution in [0.4, 0.5) is 10.1 Å². The van der Waals surface area contributed by atoms with Crippen molar-refractivity contribution in [1.82, 2.24) is 9.62 Å². The smallest absolute Gasteiger partial charge is 0.240 e. The lowest BCUT2D eigenvalue weighted by Gasteiger charge is -2.35. The van der Waals surface area contributed by atoms with Gasteiger partial charge in [-0.3, -0.25) is 0 Å². The van der Waals surface area contributed by atoms with Gasteiger partial charge in [0.05, 0.1) is 10.6 Å². The Labute approximate surface area is 119 Å². The molecule has 1 aliphatic heterocycles. The average molecular weight is 301 g/mol. The van der Waals surface area contributed by atoms with Crippen LogP contribution in [0, 0.1) is 5.82 Å². The van der Waals surface area contributed by atoms with Crippen LogP contribution in [0.5, 0.6) is 0 Å². The zero-order chi connectivity index (χ0) is 14.9. The first-order valence-electron chi connectivity index (χ1n) is 6.57. The van der Waals surface area contributed by atoms with Crippen LogP contribution in [0.3, 0.4) is 0 Å². The van der Waals surface area contributed by atoms with Crippen LogP contribution in [0.25, 0.3) is 0 Å². The van der Waals surface area contributed by atoms with Gasteiger partial charge in [0.2, 0.25) is 10.0 Å². The fourth-order valence-corrected chi connectivity index (χ4v) is 3.65. The SMILES string of the molecule is CC1CC(NS(=O)(=O)c2ccc(N)c(F)c2)CCN1C. The van der Waals surface area contributed by atoms with E-state index >= 15 is 0 Å². The minimum absolute atomic E-state index is 0.0585. The van der Waals surface area contributed by atoms with Gasteiger partial charge in [-0.15, -0.1) is 0 Å². The highest BCUT2D eigenvalue weighted by molar-refractivity contribution is 7.89. The molecule has 1 fully saturated rings. The number of nitrogens with zero attached hydrogens (tertiary/aromatic N) is 1. The van der Waals surface area contributed by atoms with Crippen LogP contribution in [0.15, 0.2) is 23.1 Å². The summed E-state index contributed by atoms with van der Waals surface area (Å²) in [5, 5.41) is 0. The van der Waals surface area contributed by atoms with E-state index in [1.165, 1.54) is 12.1 Å². The number of piperidine rings is 1. The molecule has 20 heavy (non-hydrogen) atoms. The molecule has 0 aliphatic carbocycles. The monoisotopic (exact) mass is 301 g/mol. The Morgan fingerprint density at radius 3 is 2.75 bits per heavy atom. The van der Waals surface area contributed by atoms with Gasteiger partial charge in [0, 0.05) is 12.1 Å². The third kappa shape index (κ3) is 3.28. The second-order valence-electron chi connectivity index (χ2n) is 5.36. The van der Waals surface area contributed by atoms with E-state index in [1.807, 2.05) is 7.05 Å². The largest absolute Gasteiger partial charge is 0.396 e. The molecule has 1 aliphatic rings. The molecular weight excluding hydrogens is 281 g/mol. The quantitative estimate of drug-likeness (QED) is 0.822. The Morgan fingerprint density at radius 1 is 1.45 bits per heavy atom. The van der Waals surface area contributed by atoms with E-state index in [9.17, 15) is 12.8 Å². The molecular formula is C13H20FN3O2S. The first kappa shape index (κ1) is 15.2. The van der Waals surface area contributed by atoms with Gasteiger partial charge in [-0.1, -0.05) is 0 Å². The van der Waals surface area contributed by atoms with Gasteiger partial charge >= 0.3 is 0 Å². The molecule has 7 heteroatoms. The normalized spacial score (nSPS) is 24.8. The zero-order valence-corrected chi connectivity index (χ0v) is 12.5. The van der Waals surface area contributed by atoms with E-state index in [1.54, 1.807) is 0 Å².